The smallest absolute Gasteiger partial charge is 0.0628 e. The van der Waals surface area contributed by atoms with Gasteiger partial charge in [-0.25, -0.2) is 0 Å². The van der Waals surface area contributed by atoms with E-state index in [4.69, 9.17) is 0 Å². The normalized spacial score (nSPS) is 11.4. The molecule has 4 heteroatoms. The Balaban J connectivity index is 2.39. The molecule has 0 amide bonds. The van der Waals surface area contributed by atoms with Crippen LogP contribution in [-0.4, -0.2) is 48.4 Å². The molecule has 1 rings (SSSR count). The van der Waals surface area contributed by atoms with Crippen LogP contribution in [0.25, 0.3) is 0 Å². The van der Waals surface area contributed by atoms with Gasteiger partial charge in [-0.15, -0.1) is 0 Å². The predicted octanol–water partition coefficient (Wildman–Crippen LogP) is 1.21. The lowest BCUT2D eigenvalue weighted by atomic mass is 10.1. The van der Waals surface area contributed by atoms with Crippen molar-refractivity contribution in [2.75, 3.05) is 33.7 Å². The van der Waals surface area contributed by atoms with Crippen LogP contribution in [0.3, 0.4) is 0 Å². The first kappa shape index (κ1) is 14.2. The fourth-order valence-electron chi connectivity index (χ4n) is 2.04. The zero-order valence-corrected chi connectivity index (χ0v) is 11.9. The quantitative estimate of drug-likeness (QED) is 0.725. The fraction of sp³-hybridized carbons (Fsp3) is 0.769. The van der Waals surface area contributed by atoms with E-state index < -0.39 is 0 Å². The van der Waals surface area contributed by atoms with Gasteiger partial charge in [0.25, 0.3) is 0 Å². The van der Waals surface area contributed by atoms with Crippen molar-refractivity contribution < 1.29 is 0 Å². The van der Waals surface area contributed by atoms with Crippen molar-refractivity contribution in [1.82, 2.24) is 20.0 Å². The molecule has 0 radical (unpaired) electrons. The minimum atomic E-state index is 0.959. The zero-order chi connectivity index (χ0) is 12.8. The highest BCUT2D eigenvalue weighted by Crippen LogP contribution is 2.12. The van der Waals surface area contributed by atoms with Gasteiger partial charge >= 0.3 is 0 Å². The van der Waals surface area contributed by atoms with Gasteiger partial charge in [0.2, 0.25) is 0 Å². The second-order valence-electron chi connectivity index (χ2n) is 4.77. The van der Waals surface area contributed by atoms with Crippen molar-refractivity contribution >= 4 is 0 Å². The summed E-state index contributed by atoms with van der Waals surface area (Å²) in [5, 5.41) is 8.00. The second-order valence-corrected chi connectivity index (χ2v) is 4.77. The highest BCUT2D eigenvalue weighted by molar-refractivity contribution is 5.24. The molecular formula is C13H26N4. The Labute approximate surface area is 105 Å². The van der Waals surface area contributed by atoms with E-state index in [0.717, 1.165) is 32.6 Å². The van der Waals surface area contributed by atoms with E-state index in [1.54, 1.807) is 0 Å². The van der Waals surface area contributed by atoms with Crippen LogP contribution >= 0.6 is 0 Å². The predicted molar refractivity (Wildman–Crippen MR) is 72.5 cm³/mol. The van der Waals surface area contributed by atoms with Crippen molar-refractivity contribution in [1.29, 1.82) is 0 Å². The van der Waals surface area contributed by atoms with Crippen LogP contribution in [0.5, 0.6) is 0 Å². The van der Waals surface area contributed by atoms with Crippen LogP contribution in [-0.2, 0) is 13.0 Å². The van der Waals surface area contributed by atoms with Gasteiger partial charge in [0.1, 0.15) is 0 Å². The van der Waals surface area contributed by atoms with Gasteiger partial charge < -0.3 is 10.2 Å². The van der Waals surface area contributed by atoms with Crippen molar-refractivity contribution in [3.05, 3.63) is 17.0 Å². The summed E-state index contributed by atoms with van der Waals surface area (Å²) in [5.74, 6) is 0. The SMILES string of the molecule is CCn1nc(C)c(CCNCCN(C)C)c1C. The average molecular weight is 238 g/mol. The topological polar surface area (TPSA) is 33.1 Å². The molecule has 0 aliphatic rings. The summed E-state index contributed by atoms with van der Waals surface area (Å²) in [7, 11) is 4.20. The van der Waals surface area contributed by atoms with Crippen molar-refractivity contribution in [2.24, 2.45) is 0 Å². The van der Waals surface area contributed by atoms with Crippen LogP contribution in [0, 0.1) is 13.8 Å². The Morgan fingerprint density at radius 1 is 1.24 bits per heavy atom. The molecule has 0 bridgehead atoms. The summed E-state index contributed by atoms with van der Waals surface area (Å²) >= 11 is 0. The molecule has 1 N–H and O–H groups in total. The number of hydrogen-bond donors (Lipinski definition) is 1. The summed E-state index contributed by atoms with van der Waals surface area (Å²) in [5.41, 5.74) is 3.90. The van der Waals surface area contributed by atoms with Gasteiger partial charge in [-0.3, -0.25) is 4.68 Å². The Morgan fingerprint density at radius 3 is 2.47 bits per heavy atom. The van der Waals surface area contributed by atoms with E-state index in [2.05, 4.69) is 54.9 Å². The standard InChI is InChI=1S/C13H26N4/c1-6-17-12(3)13(11(2)15-17)7-8-14-9-10-16(4)5/h14H,6-10H2,1-5H3. The van der Waals surface area contributed by atoms with Gasteiger partial charge in [-0.1, -0.05) is 0 Å². The molecule has 0 aliphatic heterocycles. The molecule has 0 aromatic carbocycles. The van der Waals surface area contributed by atoms with E-state index in [-0.39, 0.29) is 0 Å². The summed E-state index contributed by atoms with van der Waals surface area (Å²) < 4.78 is 2.09. The monoisotopic (exact) mass is 238 g/mol. The number of aryl methyl sites for hydroxylation is 2. The van der Waals surface area contributed by atoms with Crippen LogP contribution in [0.4, 0.5) is 0 Å². The molecule has 0 saturated carbocycles. The summed E-state index contributed by atoms with van der Waals surface area (Å²) in [6.45, 7) is 10.5. The van der Waals surface area contributed by atoms with Gasteiger partial charge in [0.15, 0.2) is 0 Å². The Hall–Kier alpha value is -0.870. The van der Waals surface area contributed by atoms with E-state index >= 15 is 0 Å². The minimum absolute atomic E-state index is 0.959. The van der Waals surface area contributed by atoms with Crippen LogP contribution in [0.2, 0.25) is 0 Å². The molecular weight excluding hydrogens is 212 g/mol. The lowest BCUT2D eigenvalue weighted by Crippen LogP contribution is -2.28. The second kappa shape index (κ2) is 6.77. The van der Waals surface area contributed by atoms with E-state index in [9.17, 15) is 0 Å². The van der Waals surface area contributed by atoms with Crippen LogP contribution < -0.4 is 5.32 Å². The molecule has 0 atom stereocenters. The first-order chi connectivity index (χ1) is 8.06. The Morgan fingerprint density at radius 2 is 1.94 bits per heavy atom. The van der Waals surface area contributed by atoms with Gasteiger partial charge in [-0.05, 0) is 53.4 Å². The molecule has 0 fully saturated rings. The fourth-order valence-corrected chi connectivity index (χ4v) is 2.04. The number of nitrogens with zero attached hydrogens (tertiary/aromatic N) is 3. The maximum absolute atomic E-state index is 4.54. The molecule has 0 spiro atoms. The molecule has 1 heterocycles. The number of aromatic nitrogens is 2. The Bertz CT molecular complexity index is 341. The Kier molecular flexibility index (Phi) is 5.65. The molecule has 0 unspecified atom stereocenters. The number of rotatable bonds is 7. The maximum Gasteiger partial charge on any atom is 0.0628 e. The largest absolute Gasteiger partial charge is 0.315 e. The molecule has 1 aromatic heterocycles. The van der Waals surface area contributed by atoms with Crippen molar-refractivity contribution in [3.63, 3.8) is 0 Å². The van der Waals surface area contributed by atoms with Crippen LogP contribution in [0.15, 0.2) is 0 Å². The molecule has 0 saturated heterocycles. The van der Waals surface area contributed by atoms with E-state index in [1.807, 2.05) is 0 Å². The van der Waals surface area contributed by atoms with Crippen molar-refractivity contribution in [3.8, 4) is 0 Å². The number of hydrogen-bond acceptors (Lipinski definition) is 3. The van der Waals surface area contributed by atoms with Crippen LogP contribution in [0.1, 0.15) is 23.9 Å². The minimum Gasteiger partial charge on any atom is -0.315 e. The molecule has 0 aliphatic carbocycles. The highest BCUT2D eigenvalue weighted by atomic mass is 15.3. The average Bonchev–Trinajstić information content (AvgIpc) is 2.54. The number of nitrogens with one attached hydrogen (secondary N) is 1. The molecule has 98 valence electrons. The van der Waals surface area contributed by atoms with Crippen molar-refractivity contribution in [2.45, 2.75) is 33.7 Å². The maximum atomic E-state index is 4.54. The van der Waals surface area contributed by atoms with E-state index in [1.165, 1.54) is 17.0 Å². The third-order valence-electron chi connectivity index (χ3n) is 3.12. The summed E-state index contributed by atoms with van der Waals surface area (Å²) in [4.78, 5) is 2.19. The molecule has 1 aromatic rings. The third-order valence-corrected chi connectivity index (χ3v) is 3.12. The highest BCUT2D eigenvalue weighted by Gasteiger charge is 2.09. The van der Waals surface area contributed by atoms with Gasteiger partial charge in [0, 0.05) is 25.3 Å². The van der Waals surface area contributed by atoms with E-state index in [0.29, 0.717) is 0 Å². The lowest BCUT2D eigenvalue weighted by Gasteiger charge is -2.10. The van der Waals surface area contributed by atoms with Gasteiger partial charge in [-0.2, -0.15) is 5.10 Å². The zero-order valence-electron chi connectivity index (χ0n) is 11.9. The molecule has 4 nitrogen and oxygen atoms in total. The summed E-state index contributed by atoms with van der Waals surface area (Å²) in [6, 6.07) is 0. The first-order valence-corrected chi connectivity index (χ1v) is 6.44. The lowest BCUT2D eigenvalue weighted by molar-refractivity contribution is 0.401. The molecule has 17 heavy (non-hydrogen) atoms. The summed E-state index contributed by atoms with van der Waals surface area (Å²) in [6.07, 6.45) is 1.07. The first-order valence-electron chi connectivity index (χ1n) is 6.44. The third kappa shape index (κ3) is 4.13. The number of likely N-dealkylation sites (N-methyl/N-ethyl adjacent to an activating group) is 1. The van der Waals surface area contributed by atoms with Gasteiger partial charge in [0.05, 0.1) is 5.69 Å².